The summed E-state index contributed by atoms with van der Waals surface area (Å²) in [7, 11) is 0. The van der Waals surface area contributed by atoms with Crippen LogP contribution in [0.4, 0.5) is 0 Å². The first kappa shape index (κ1) is 15.3. The third kappa shape index (κ3) is 2.71. The molecule has 2 aliphatic rings. The predicted molar refractivity (Wildman–Crippen MR) is 89.3 cm³/mol. The molecular formula is C20H26O2. The van der Waals surface area contributed by atoms with Crippen LogP contribution < -0.4 is 4.74 Å². The molecule has 22 heavy (non-hydrogen) atoms. The number of aryl methyl sites for hydroxylation is 1. The van der Waals surface area contributed by atoms with Crippen molar-refractivity contribution in [3.05, 3.63) is 41.5 Å². The number of ether oxygens (including phenoxy) is 1. The molecule has 2 nitrogen and oxygen atoms in total. The van der Waals surface area contributed by atoms with E-state index in [1.807, 2.05) is 0 Å². The average Bonchev–Trinajstić information content (AvgIpc) is 2.96. The molecule has 2 heteroatoms. The van der Waals surface area contributed by atoms with Crippen molar-refractivity contribution in [2.75, 3.05) is 0 Å². The molecule has 1 fully saturated rings. The van der Waals surface area contributed by atoms with E-state index in [0.29, 0.717) is 30.3 Å². The Morgan fingerprint density at radius 2 is 2.23 bits per heavy atom. The SMILES string of the molecule is C/C=C/[C@H]1[C@@H]2c3cccc(CCCC(C)=O)c3O[C@@H]2C[C@@H]1C. The Labute approximate surface area is 133 Å². The number of hydrogen-bond acceptors (Lipinski definition) is 2. The number of para-hydroxylation sites is 1. The smallest absolute Gasteiger partial charge is 0.129 e. The van der Waals surface area contributed by atoms with Crippen molar-refractivity contribution in [2.45, 2.75) is 58.5 Å². The van der Waals surface area contributed by atoms with Gasteiger partial charge in [0.2, 0.25) is 0 Å². The second-order valence-corrected chi connectivity index (χ2v) is 6.89. The average molecular weight is 298 g/mol. The number of ketones is 1. The van der Waals surface area contributed by atoms with E-state index in [0.717, 1.165) is 25.0 Å². The van der Waals surface area contributed by atoms with Gasteiger partial charge in [0.15, 0.2) is 0 Å². The maximum Gasteiger partial charge on any atom is 0.129 e. The van der Waals surface area contributed by atoms with Gasteiger partial charge in [0.25, 0.3) is 0 Å². The van der Waals surface area contributed by atoms with Gasteiger partial charge in [-0.05, 0) is 50.5 Å². The summed E-state index contributed by atoms with van der Waals surface area (Å²) < 4.78 is 6.35. The van der Waals surface area contributed by atoms with Gasteiger partial charge in [-0.3, -0.25) is 0 Å². The van der Waals surface area contributed by atoms with E-state index in [9.17, 15) is 4.79 Å². The van der Waals surface area contributed by atoms with Gasteiger partial charge in [0.05, 0.1) is 0 Å². The fraction of sp³-hybridized carbons (Fsp3) is 0.550. The Balaban J connectivity index is 1.84. The highest BCUT2D eigenvalue weighted by Crippen LogP contribution is 2.53. The molecule has 0 N–H and O–H groups in total. The first-order valence-corrected chi connectivity index (χ1v) is 8.52. The number of carbonyl (C=O) groups is 1. The molecular weight excluding hydrogens is 272 g/mol. The van der Waals surface area contributed by atoms with Gasteiger partial charge in [-0.2, -0.15) is 0 Å². The lowest BCUT2D eigenvalue weighted by Crippen LogP contribution is -2.14. The molecule has 0 unspecified atom stereocenters. The number of rotatable bonds is 5. The highest BCUT2D eigenvalue weighted by Gasteiger charge is 2.47. The zero-order valence-corrected chi connectivity index (χ0v) is 13.8. The summed E-state index contributed by atoms with van der Waals surface area (Å²) in [6.45, 7) is 6.11. The molecule has 0 amide bonds. The van der Waals surface area contributed by atoms with Gasteiger partial charge in [-0.25, -0.2) is 0 Å². The van der Waals surface area contributed by atoms with E-state index in [1.165, 1.54) is 11.1 Å². The van der Waals surface area contributed by atoms with Gasteiger partial charge >= 0.3 is 0 Å². The third-order valence-corrected chi connectivity index (χ3v) is 5.22. The minimum atomic E-state index is 0.271. The molecule has 0 bridgehead atoms. The predicted octanol–water partition coefficient (Wildman–Crippen LogP) is 4.68. The summed E-state index contributed by atoms with van der Waals surface area (Å²) in [5, 5.41) is 0. The number of benzene rings is 1. The van der Waals surface area contributed by atoms with Crippen LogP contribution in [-0.4, -0.2) is 11.9 Å². The highest BCUT2D eigenvalue weighted by molar-refractivity contribution is 5.75. The van der Waals surface area contributed by atoms with Gasteiger partial charge in [0.1, 0.15) is 17.6 Å². The lowest BCUT2D eigenvalue weighted by atomic mass is 9.84. The van der Waals surface area contributed by atoms with Gasteiger partial charge in [-0.15, -0.1) is 0 Å². The summed E-state index contributed by atoms with van der Waals surface area (Å²) >= 11 is 0. The summed E-state index contributed by atoms with van der Waals surface area (Å²) in [5.41, 5.74) is 2.66. The van der Waals surface area contributed by atoms with Gasteiger partial charge in [-0.1, -0.05) is 37.3 Å². The Morgan fingerprint density at radius 1 is 1.41 bits per heavy atom. The number of allylic oxidation sites excluding steroid dienone is 2. The Bertz CT molecular complexity index is 587. The van der Waals surface area contributed by atoms with Gasteiger partial charge < -0.3 is 9.53 Å². The van der Waals surface area contributed by atoms with Crippen molar-refractivity contribution in [1.29, 1.82) is 0 Å². The largest absolute Gasteiger partial charge is 0.489 e. The third-order valence-electron chi connectivity index (χ3n) is 5.22. The van der Waals surface area contributed by atoms with Crippen molar-refractivity contribution in [2.24, 2.45) is 11.8 Å². The topological polar surface area (TPSA) is 26.3 Å². The van der Waals surface area contributed by atoms with E-state index in [4.69, 9.17) is 4.74 Å². The zero-order chi connectivity index (χ0) is 15.7. The highest BCUT2D eigenvalue weighted by atomic mass is 16.5. The Morgan fingerprint density at radius 3 is 2.95 bits per heavy atom. The molecule has 3 rings (SSSR count). The van der Waals surface area contributed by atoms with Crippen molar-refractivity contribution < 1.29 is 9.53 Å². The molecule has 4 atom stereocenters. The second-order valence-electron chi connectivity index (χ2n) is 6.89. The van der Waals surface area contributed by atoms with E-state index in [2.05, 4.69) is 44.2 Å². The minimum Gasteiger partial charge on any atom is -0.489 e. The fourth-order valence-corrected chi connectivity index (χ4v) is 4.22. The molecule has 1 aliphatic heterocycles. The molecule has 1 aliphatic carbocycles. The molecule has 1 heterocycles. The van der Waals surface area contributed by atoms with Crippen LogP contribution in [0.15, 0.2) is 30.4 Å². The molecule has 0 radical (unpaired) electrons. The summed E-state index contributed by atoms with van der Waals surface area (Å²) in [5.74, 6) is 3.16. The first-order chi connectivity index (χ1) is 10.6. The van der Waals surface area contributed by atoms with E-state index in [1.54, 1.807) is 6.92 Å². The monoisotopic (exact) mass is 298 g/mol. The lowest BCUT2D eigenvalue weighted by Gasteiger charge is -2.17. The first-order valence-electron chi connectivity index (χ1n) is 8.52. The maximum absolute atomic E-state index is 11.1. The molecule has 0 spiro atoms. The Hall–Kier alpha value is -1.57. The number of Topliss-reactive ketones (excluding diaryl/α,β-unsaturated/α-hetero) is 1. The number of fused-ring (bicyclic) bond motifs is 3. The van der Waals surface area contributed by atoms with Crippen LogP contribution in [0, 0.1) is 11.8 Å². The quantitative estimate of drug-likeness (QED) is 0.738. The maximum atomic E-state index is 11.1. The summed E-state index contributed by atoms with van der Waals surface area (Å²) in [6, 6.07) is 6.56. The fourth-order valence-electron chi connectivity index (χ4n) is 4.22. The lowest BCUT2D eigenvalue weighted by molar-refractivity contribution is -0.117. The van der Waals surface area contributed by atoms with Crippen molar-refractivity contribution in [1.82, 2.24) is 0 Å². The normalized spacial score (nSPS) is 29.4. The van der Waals surface area contributed by atoms with Crippen molar-refractivity contribution in [3.63, 3.8) is 0 Å². The second kappa shape index (κ2) is 6.28. The van der Waals surface area contributed by atoms with E-state index >= 15 is 0 Å². The van der Waals surface area contributed by atoms with Crippen LogP contribution in [0.2, 0.25) is 0 Å². The van der Waals surface area contributed by atoms with E-state index < -0.39 is 0 Å². The summed E-state index contributed by atoms with van der Waals surface area (Å²) in [4.78, 5) is 11.1. The molecule has 0 saturated heterocycles. The van der Waals surface area contributed by atoms with Crippen LogP contribution >= 0.6 is 0 Å². The summed E-state index contributed by atoms with van der Waals surface area (Å²) in [6.07, 6.45) is 8.52. The molecule has 118 valence electrons. The van der Waals surface area contributed by atoms with Crippen LogP contribution in [0.5, 0.6) is 5.75 Å². The van der Waals surface area contributed by atoms with Crippen LogP contribution in [0.3, 0.4) is 0 Å². The zero-order valence-electron chi connectivity index (χ0n) is 13.8. The number of carbonyl (C=O) groups excluding carboxylic acids is 1. The number of hydrogen-bond donors (Lipinski definition) is 0. The van der Waals surface area contributed by atoms with Crippen LogP contribution in [0.1, 0.15) is 57.1 Å². The minimum absolute atomic E-state index is 0.271. The van der Waals surface area contributed by atoms with Crippen molar-refractivity contribution >= 4 is 5.78 Å². The molecule has 1 saturated carbocycles. The van der Waals surface area contributed by atoms with Crippen molar-refractivity contribution in [3.8, 4) is 5.75 Å². The molecule has 0 aromatic heterocycles. The van der Waals surface area contributed by atoms with Crippen LogP contribution in [0.25, 0.3) is 0 Å². The Kier molecular flexibility index (Phi) is 4.37. The molecule has 1 aromatic rings. The van der Waals surface area contributed by atoms with E-state index in [-0.39, 0.29) is 5.78 Å². The molecule has 1 aromatic carbocycles. The van der Waals surface area contributed by atoms with Crippen LogP contribution in [-0.2, 0) is 11.2 Å². The van der Waals surface area contributed by atoms with Gasteiger partial charge in [0, 0.05) is 17.9 Å². The standard InChI is InChI=1S/C20H26O2/c1-4-7-16-13(2)12-18-19(16)17-11-6-10-15(20(17)22-18)9-5-8-14(3)21/h4,6-7,10-11,13,16,18-19H,5,8-9,12H2,1-3H3/b7-4+/t13-,16+,18+,19+/m0/s1.